The van der Waals surface area contributed by atoms with Crippen LogP contribution < -0.4 is 4.72 Å². The molecule has 0 aromatic carbocycles. The Morgan fingerprint density at radius 3 is 3.11 bits per heavy atom. The highest BCUT2D eigenvalue weighted by Crippen LogP contribution is 2.21. The van der Waals surface area contributed by atoms with Gasteiger partial charge in [0.1, 0.15) is 5.01 Å². The molecule has 0 bridgehead atoms. The van der Waals surface area contributed by atoms with Gasteiger partial charge in [0.2, 0.25) is 0 Å². The second-order valence-electron chi connectivity index (χ2n) is 4.76. The average Bonchev–Trinajstić information content (AvgIpc) is 2.92. The quantitative estimate of drug-likeness (QED) is 0.840. The molecule has 2 rings (SSSR count). The highest BCUT2D eigenvalue weighted by atomic mass is 32.2. The Labute approximate surface area is 117 Å². The van der Waals surface area contributed by atoms with Crippen molar-refractivity contribution in [3.05, 3.63) is 16.6 Å². The lowest BCUT2D eigenvalue weighted by atomic mass is 10.0. The molecule has 1 aliphatic heterocycles. The van der Waals surface area contributed by atoms with Gasteiger partial charge in [-0.2, -0.15) is 17.4 Å². The summed E-state index contributed by atoms with van der Waals surface area (Å²) in [5, 5.41) is 11.7. The van der Waals surface area contributed by atoms with Crippen LogP contribution in [0.3, 0.4) is 0 Å². The Morgan fingerprint density at radius 1 is 1.68 bits per heavy atom. The Balaban J connectivity index is 2.01. The Morgan fingerprint density at radius 2 is 2.47 bits per heavy atom. The van der Waals surface area contributed by atoms with E-state index in [0.717, 1.165) is 17.8 Å². The molecule has 19 heavy (non-hydrogen) atoms. The van der Waals surface area contributed by atoms with Gasteiger partial charge in [0.15, 0.2) is 0 Å². The third-order valence-corrected chi connectivity index (χ3v) is 5.85. The van der Waals surface area contributed by atoms with Crippen LogP contribution in [0.1, 0.15) is 30.8 Å². The van der Waals surface area contributed by atoms with E-state index in [4.69, 9.17) is 5.11 Å². The second-order valence-corrected chi connectivity index (χ2v) is 7.39. The van der Waals surface area contributed by atoms with Crippen molar-refractivity contribution in [2.45, 2.75) is 25.8 Å². The molecule has 108 valence electrons. The van der Waals surface area contributed by atoms with Crippen LogP contribution in [0.2, 0.25) is 0 Å². The summed E-state index contributed by atoms with van der Waals surface area (Å²) in [5.41, 5.74) is 0. The summed E-state index contributed by atoms with van der Waals surface area (Å²) in [6, 6.07) is -0.334. The monoisotopic (exact) mass is 305 g/mol. The van der Waals surface area contributed by atoms with Gasteiger partial charge in [-0.25, -0.2) is 4.98 Å². The maximum Gasteiger partial charge on any atom is 0.280 e. The first-order valence-electron chi connectivity index (χ1n) is 6.30. The minimum atomic E-state index is -3.51. The first kappa shape index (κ1) is 14.9. The van der Waals surface area contributed by atoms with E-state index in [1.54, 1.807) is 13.1 Å². The van der Waals surface area contributed by atoms with E-state index in [0.29, 0.717) is 13.1 Å². The van der Waals surface area contributed by atoms with Crippen LogP contribution >= 0.6 is 11.3 Å². The standard InChI is InChI=1S/C11H19N3O3S2/c1-9(11-12-4-6-18-11)13-19(16,17)14-5-2-3-10(7-14)8-15/h4,6,9-10,13,15H,2-3,5,7-8H2,1H3. The van der Waals surface area contributed by atoms with Crippen molar-refractivity contribution in [2.24, 2.45) is 5.92 Å². The van der Waals surface area contributed by atoms with Crippen molar-refractivity contribution >= 4 is 21.5 Å². The number of rotatable bonds is 5. The Hall–Kier alpha value is -0.540. The number of hydrogen-bond donors (Lipinski definition) is 2. The fourth-order valence-electron chi connectivity index (χ4n) is 2.19. The highest BCUT2D eigenvalue weighted by molar-refractivity contribution is 7.87. The van der Waals surface area contributed by atoms with E-state index in [1.807, 2.05) is 5.38 Å². The average molecular weight is 305 g/mol. The molecule has 0 amide bonds. The van der Waals surface area contributed by atoms with Crippen molar-refractivity contribution in [2.75, 3.05) is 19.7 Å². The predicted octanol–water partition coefficient (Wildman–Crippen LogP) is 0.743. The first-order valence-corrected chi connectivity index (χ1v) is 8.62. The van der Waals surface area contributed by atoms with Crippen LogP contribution in [-0.4, -0.2) is 42.5 Å². The van der Waals surface area contributed by atoms with E-state index in [-0.39, 0.29) is 18.6 Å². The largest absolute Gasteiger partial charge is 0.396 e. The van der Waals surface area contributed by atoms with Crippen LogP contribution in [0.25, 0.3) is 0 Å². The van der Waals surface area contributed by atoms with Crippen molar-refractivity contribution < 1.29 is 13.5 Å². The fourth-order valence-corrected chi connectivity index (χ4v) is 4.40. The number of piperidine rings is 1. The zero-order valence-electron chi connectivity index (χ0n) is 10.8. The van der Waals surface area contributed by atoms with Gasteiger partial charge < -0.3 is 5.11 Å². The molecule has 0 aliphatic carbocycles. The number of nitrogens with one attached hydrogen (secondary N) is 1. The number of aromatic nitrogens is 1. The van der Waals surface area contributed by atoms with Gasteiger partial charge in [-0.15, -0.1) is 11.3 Å². The van der Waals surface area contributed by atoms with Crippen LogP contribution in [0.4, 0.5) is 0 Å². The molecule has 8 heteroatoms. The third kappa shape index (κ3) is 3.73. The molecule has 2 heterocycles. The summed E-state index contributed by atoms with van der Waals surface area (Å²) in [4.78, 5) is 4.11. The van der Waals surface area contributed by atoms with Gasteiger partial charge in [-0.05, 0) is 25.7 Å². The van der Waals surface area contributed by atoms with Gasteiger partial charge in [-0.1, -0.05) is 0 Å². The molecule has 1 aliphatic rings. The van der Waals surface area contributed by atoms with Crippen molar-refractivity contribution in [1.29, 1.82) is 0 Å². The Kier molecular flexibility index (Phi) is 4.91. The minimum Gasteiger partial charge on any atom is -0.396 e. The number of aliphatic hydroxyl groups is 1. The number of nitrogens with zero attached hydrogens (tertiary/aromatic N) is 2. The second kappa shape index (κ2) is 6.27. The first-order chi connectivity index (χ1) is 9.03. The molecule has 6 nitrogen and oxygen atoms in total. The molecule has 0 saturated carbocycles. The Bertz CT molecular complexity index is 489. The van der Waals surface area contributed by atoms with E-state index >= 15 is 0 Å². The van der Waals surface area contributed by atoms with Gasteiger partial charge in [-0.3, -0.25) is 0 Å². The molecular formula is C11H19N3O3S2. The molecule has 0 radical (unpaired) electrons. The molecule has 2 unspecified atom stereocenters. The van der Waals surface area contributed by atoms with Gasteiger partial charge in [0, 0.05) is 31.3 Å². The summed E-state index contributed by atoms with van der Waals surface area (Å²) >= 11 is 1.43. The zero-order chi connectivity index (χ0) is 13.9. The van der Waals surface area contributed by atoms with Gasteiger partial charge >= 0.3 is 0 Å². The molecular weight excluding hydrogens is 286 g/mol. The highest BCUT2D eigenvalue weighted by Gasteiger charge is 2.30. The SMILES string of the molecule is CC(NS(=O)(=O)N1CCCC(CO)C1)c1nccs1. The summed E-state index contributed by atoms with van der Waals surface area (Å²) in [6.07, 6.45) is 3.33. The van der Waals surface area contributed by atoms with Crippen molar-refractivity contribution in [3.63, 3.8) is 0 Å². The summed E-state index contributed by atoms with van der Waals surface area (Å²) < 4.78 is 28.6. The van der Waals surface area contributed by atoms with Crippen molar-refractivity contribution in [1.82, 2.24) is 14.0 Å². The van der Waals surface area contributed by atoms with Crippen molar-refractivity contribution in [3.8, 4) is 0 Å². The summed E-state index contributed by atoms with van der Waals surface area (Å²) in [5.74, 6) is 0.0421. The molecule has 2 atom stereocenters. The minimum absolute atomic E-state index is 0.0358. The molecule has 0 spiro atoms. The summed E-state index contributed by atoms with van der Waals surface area (Å²) in [7, 11) is -3.51. The van der Waals surface area contributed by atoms with Gasteiger partial charge in [0.05, 0.1) is 6.04 Å². The maximum atomic E-state index is 12.3. The third-order valence-electron chi connectivity index (χ3n) is 3.23. The van der Waals surface area contributed by atoms with Gasteiger partial charge in [0.25, 0.3) is 10.2 Å². The molecule has 1 saturated heterocycles. The number of aliphatic hydroxyl groups excluding tert-OH is 1. The number of hydrogen-bond acceptors (Lipinski definition) is 5. The van der Waals surface area contributed by atoms with Crippen LogP contribution in [0.5, 0.6) is 0 Å². The predicted molar refractivity (Wildman–Crippen MR) is 74.0 cm³/mol. The lowest BCUT2D eigenvalue weighted by molar-refractivity contribution is 0.164. The maximum absolute atomic E-state index is 12.3. The molecule has 1 aromatic heterocycles. The fraction of sp³-hybridized carbons (Fsp3) is 0.727. The molecule has 1 fully saturated rings. The van der Waals surface area contributed by atoms with Crippen LogP contribution in [0, 0.1) is 5.92 Å². The molecule has 2 N–H and O–H groups in total. The topological polar surface area (TPSA) is 82.5 Å². The van der Waals surface area contributed by atoms with Crippen LogP contribution in [-0.2, 0) is 10.2 Å². The zero-order valence-corrected chi connectivity index (χ0v) is 12.5. The number of thiazole rings is 1. The normalized spacial score (nSPS) is 23.4. The van der Waals surface area contributed by atoms with E-state index in [2.05, 4.69) is 9.71 Å². The lowest BCUT2D eigenvalue weighted by Gasteiger charge is -2.31. The van der Waals surface area contributed by atoms with Crippen LogP contribution in [0.15, 0.2) is 11.6 Å². The molecule has 1 aromatic rings. The smallest absolute Gasteiger partial charge is 0.280 e. The van der Waals surface area contributed by atoms with E-state index in [9.17, 15) is 8.42 Å². The van der Waals surface area contributed by atoms with E-state index < -0.39 is 10.2 Å². The van der Waals surface area contributed by atoms with E-state index in [1.165, 1.54) is 15.6 Å². The summed E-state index contributed by atoms with van der Waals surface area (Å²) in [6.45, 7) is 2.71. The lowest BCUT2D eigenvalue weighted by Crippen LogP contribution is -2.47.